The molecule has 0 unspecified atom stereocenters. The van der Waals surface area contributed by atoms with Crippen LogP contribution in [0.5, 0.6) is 5.75 Å². The summed E-state index contributed by atoms with van der Waals surface area (Å²) >= 11 is 1.92. The van der Waals surface area contributed by atoms with Crippen LogP contribution in [0, 0.1) is 3.57 Å². The summed E-state index contributed by atoms with van der Waals surface area (Å²) in [5, 5.41) is 60.8. The number of amides is 7. The van der Waals surface area contributed by atoms with Crippen molar-refractivity contribution in [2.75, 3.05) is 24.7 Å². The average molecular weight is 1160 g/mol. The summed E-state index contributed by atoms with van der Waals surface area (Å²) in [4.78, 5) is 103. The number of para-hydroxylation sites is 1. The first-order chi connectivity index (χ1) is 34.9. The van der Waals surface area contributed by atoms with Crippen molar-refractivity contribution < 1.29 is 54.0 Å². The van der Waals surface area contributed by atoms with Gasteiger partial charge in [0.05, 0.1) is 34.5 Å². The number of aliphatic hydroxyl groups is 3. The van der Waals surface area contributed by atoms with E-state index in [-0.39, 0.29) is 49.5 Å². The normalized spacial score (nSPS) is 22.5. The Morgan fingerprint density at radius 2 is 1.42 bits per heavy atom. The lowest BCUT2D eigenvalue weighted by Gasteiger charge is -2.29. The molecule has 10 atom stereocenters. The van der Waals surface area contributed by atoms with E-state index in [0.29, 0.717) is 27.5 Å². The van der Waals surface area contributed by atoms with Crippen LogP contribution in [0.15, 0.2) is 79.0 Å². The number of nitrogens with one attached hydrogen (secondary N) is 8. The number of hydrogen-bond donors (Lipinski definition) is 14. The molecule has 0 radical (unpaired) electrons. The highest BCUT2D eigenvalue weighted by Crippen LogP contribution is 2.25. The third-order valence-electron chi connectivity index (χ3n) is 12.0. The van der Waals surface area contributed by atoms with E-state index >= 15 is 0 Å². The fourth-order valence-electron chi connectivity index (χ4n) is 7.79. The van der Waals surface area contributed by atoms with Crippen LogP contribution in [0.1, 0.15) is 49.8 Å². The summed E-state index contributed by atoms with van der Waals surface area (Å²) in [5.74, 6) is -6.31. The zero-order chi connectivity index (χ0) is 53.2. The molecule has 21 nitrogen and oxygen atoms in total. The molecule has 73 heavy (non-hydrogen) atoms. The first kappa shape index (κ1) is 58.4. The smallest absolute Gasteiger partial charge is 0.245 e. The topological polar surface area (TPSA) is 352 Å². The molecule has 3 aromatic carbocycles. The Labute approximate surface area is 444 Å². The van der Waals surface area contributed by atoms with Crippen molar-refractivity contribution in [1.82, 2.24) is 42.2 Å². The molecule has 0 spiro atoms. The molecule has 16 N–H and O–H groups in total. The fourth-order valence-corrected chi connectivity index (χ4v) is 10.7. The van der Waals surface area contributed by atoms with Gasteiger partial charge in [-0.05, 0) is 104 Å². The van der Waals surface area contributed by atoms with Crippen LogP contribution >= 0.6 is 44.2 Å². The molecule has 396 valence electrons. The summed E-state index contributed by atoms with van der Waals surface area (Å²) < 4.78 is 0.453. The zero-order valence-corrected chi connectivity index (χ0v) is 44.1. The number of aliphatic hydroxyl groups excluding tert-OH is 3. The van der Waals surface area contributed by atoms with E-state index in [1.165, 1.54) is 19.9 Å². The number of aromatic nitrogens is 1. The minimum absolute atomic E-state index is 0.0117. The van der Waals surface area contributed by atoms with Crippen molar-refractivity contribution in [3.8, 4) is 5.75 Å². The third-order valence-corrected chi connectivity index (χ3v) is 15.3. The second-order valence-electron chi connectivity index (χ2n) is 17.8. The van der Waals surface area contributed by atoms with Gasteiger partial charge in [-0.15, -0.1) is 0 Å². The average Bonchev–Trinajstić information content (AvgIpc) is 3.77. The lowest BCUT2D eigenvalue weighted by molar-refractivity contribution is -0.136. The van der Waals surface area contributed by atoms with E-state index < -0.39 is 108 Å². The number of benzene rings is 3. The second-order valence-corrected chi connectivity index (χ2v) is 21.5. The quantitative estimate of drug-likeness (QED) is 0.0360. The largest absolute Gasteiger partial charge is 0.507 e. The standard InChI is InChI=1S/C49H65IN10O11S2/c1-26(62)38(23-61)57-48(70)40-25-73-72-24-39(58-43(65)33(52)19-28-10-4-3-5-11-28)47(69)55-36(20-29-15-16-41(64)32(50)18-29)45(67)56-37(21-30-22-53-34-13-7-6-12-31(30)34)46(68)54-35(14-8-9-17-51)44(66)60-42(27(2)63)49(71)59-40/h3-7,10-13,15-16,18,22,26-27,33,35-40,42,53,61-64H,8-9,14,17,19-21,23-25,51-52H2,1-2H3,(H,54,68)(H,55,69)(H,56,67)(H,57,70)(H,58,65)(H,59,71)(H,60,66)/t26-,27-,33-,35+,36+,37-,38-,39+,40+,42+/m1/s1/i50-2. The van der Waals surface area contributed by atoms with Gasteiger partial charge in [-0.25, -0.2) is 0 Å². The number of unbranched alkanes of at least 4 members (excludes halogenated alkanes) is 1. The monoisotopic (exact) mass is 1160 g/mol. The molecule has 0 bridgehead atoms. The summed E-state index contributed by atoms with van der Waals surface area (Å²) in [5.41, 5.74) is 14.8. The first-order valence-corrected chi connectivity index (χ1v) is 27.3. The number of carbonyl (C=O) groups excluding carboxylic acids is 7. The van der Waals surface area contributed by atoms with Crippen LogP contribution in [0.3, 0.4) is 0 Å². The van der Waals surface area contributed by atoms with Gasteiger partial charge in [-0.2, -0.15) is 0 Å². The highest BCUT2D eigenvalue weighted by Gasteiger charge is 2.36. The molecule has 1 aromatic heterocycles. The van der Waals surface area contributed by atoms with E-state index in [0.717, 1.165) is 38.1 Å². The number of H-pyrrole nitrogens is 1. The van der Waals surface area contributed by atoms with Gasteiger partial charge >= 0.3 is 0 Å². The zero-order valence-electron chi connectivity index (χ0n) is 40.3. The number of fused-ring (bicyclic) bond motifs is 1. The Bertz CT molecular complexity index is 2520. The number of carbonyl (C=O) groups is 7. The molecule has 24 heteroatoms. The minimum atomic E-state index is -1.68. The SMILES string of the molecule is C[C@@H](O)[C@@H]1NC(=O)[C@H](CCCCN)NC(=O)[C@@H](Cc2c[nH]c3ccccc23)NC(=O)[C@H](Cc2ccc(O)c([125I])c2)NC(=O)[C@@H](NC(=O)[C@H](N)Cc2ccccc2)CSSC[C@@H](C(=O)N[C@H](CO)[C@@H](C)O)NC1=O. The Morgan fingerprint density at radius 1 is 0.781 bits per heavy atom. The molecule has 1 aliphatic rings. The predicted octanol–water partition coefficient (Wildman–Crippen LogP) is -0.495. The Balaban J connectivity index is 1.59. The van der Waals surface area contributed by atoms with Crippen LogP contribution in [0.4, 0.5) is 0 Å². The van der Waals surface area contributed by atoms with Crippen LogP contribution in [0.25, 0.3) is 10.9 Å². The van der Waals surface area contributed by atoms with Gasteiger partial charge in [-0.1, -0.05) is 76.2 Å². The lowest BCUT2D eigenvalue weighted by Crippen LogP contribution is -2.62. The third kappa shape index (κ3) is 17.6. The Hall–Kier alpha value is -5.48. The molecule has 1 aliphatic heterocycles. The van der Waals surface area contributed by atoms with Gasteiger partial charge in [0.2, 0.25) is 41.4 Å². The summed E-state index contributed by atoms with van der Waals surface area (Å²) in [6.45, 7) is 2.18. The first-order valence-electron chi connectivity index (χ1n) is 23.7. The molecular formula is C49H65IN10O11S2. The number of aromatic hydroxyl groups is 1. The summed E-state index contributed by atoms with van der Waals surface area (Å²) in [6, 6.07) is 9.96. The number of phenolic OH excluding ortho intramolecular Hbond substituents is 1. The van der Waals surface area contributed by atoms with E-state index in [2.05, 4.69) is 42.2 Å². The number of phenols is 1. The summed E-state index contributed by atoms with van der Waals surface area (Å²) in [6.07, 6.45) is -0.438. The molecule has 0 aliphatic carbocycles. The van der Waals surface area contributed by atoms with Crippen molar-refractivity contribution in [3.05, 3.63) is 99.3 Å². The second kappa shape index (κ2) is 28.8. The molecule has 1 saturated heterocycles. The van der Waals surface area contributed by atoms with Crippen molar-refractivity contribution in [1.29, 1.82) is 0 Å². The molecular weight excluding hydrogens is 1090 g/mol. The molecule has 1 fully saturated rings. The van der Waals surface area contributed by atoms with Crippen molar-refractivity contribution in [3.63, 3.8) is 0 Å². The number of nitrogens with two attached hydrogens (primary N) is 2. The molecule has 5 rings (SSSR count). The number of hydrogen-bond acceptors (Lipinski definition) is 15. The van der Waals surface area contributed by atoms with Gasteiger partial charge in [0, 0.05) is 41.4 Å². The van der Waals surface area contributed by atoms with Crippen LogP contribution in [-0.2, 0) is 52.8 Å². The lowest BCUT2D eigenvalue weighted by atomic mass is 10.0. The minimum Gasteiger partial charge on any atom is -0.507 e. The number of halogens is 1. The predicted molar refractivity (Wildman–Crippen MR) is 286 cm³/mol. The molecule has 2 heterocycles. The van der Waals surface area contributed by atoms with Gasteiger partial charge in [0.25, 0.3) is 0 Å². The summed E-state index contributed by atoms with van der Waals surface area (Å²) in [7, 11) is 2.01. The van der Waals surface area contributed by atoms with E-state index in [9.17, 15) is 54.0 Å². The van der Waals surface area contributed by atoms with Crippen molar-refractivity contribution in [2.45, 2.75) is 113 Å². The highest BCUT2D eigenvalue weighted by atomic mass is 125. The van der Waals surface area contributed by atoms with Gasteiger partial charge in [0.15, 0.2) is 0 Å². The van der Waals surface area contributed by atoms with Gasteiger partial charge in [0.1, 0.15) is 42.0 Å². The maximum Gasteiger partial charge on any atom is 0.245 e. The van der Waals surface area contributed by atoms with Crippen LogP contribution < -0.4 is 48.7 Å². The highest BCUT2D eigenvalue weighted by molar-refractivity contribution is 14.1. The maximum atomic E-state index is 14.8. The van der Waals surface area contributed by atoms with E-state index in [1.807, 2.05) is 46.9 Å². The maximum absolute atomic E-state index is 14.8. The molecule has 7 amide bonds. The Kier molecular flexibility index (Phi) is 23.1. The van der Waals surface area contributed by atoms with Crippen LogP contribution in [-0.4, -0.2) is 152 Å². The van der Waals surface area contributed by atoms with Crippen LogP contribution in [0.2, 0.25) is 0 Å². The van der Waals surface area contributed by atoms with E-state index in [1.54, 1.807) is 48.7 Å². The van der Waals surface area contributed by atoms with Crippen molar-refractivity contribution in [2.24, 2.45) is 11.5 Å². The van der Waals surface area contributed by atoms with Gasteiger partial charge < -0.3 is 74.1 Å². The fraction of sp³-hybridized carbons (Fsp3) is 0.449. The molecule has 0 saturated carbocycles. The Morgan fingerprint density at radius 3 is 2.10 bits per heavy atom. The number of rotatable bonds is 17. The number of aromatic amines is 1. The van der Waals surface area contributed by atoms with E-state index in [4.69, 9.17) is 11.5 Å². The van der Waals surface area contributed by atoms with Crippen molar-refractivity contribution >= 4 is 96.4 Å². The van der Waals surface area contributed by atoms with Gasteiger partial charge in [-0.3, -0.25) is 33.6 Å². The molecule has 4 aromatic rings.